The molecular formula is C20H18F3N3O. The first-order chi connectivity index (χ1) is 12.8. The standard InChI is InChI=1S/C20H18F3N3O/c1-13-19(14(2)26(25-13)17-9-4-3-5-10-17)24-18(27)12-15-7-6-8-16(11-15)20(21,22)23/h3-11H,12H2,1-2H3,(H,24,27). The predicted octanol–water partition coefficient (Wildman–Crippen LogP) is 4.69. The van der Waals surface area contributed by atoms with Crippen molar-refractivity contribution < 1.29 is 18.0 Å². The van der Waals surface area contributed by atoms with Gasteiger partial charge in [-0.15, -0.1) is 0 Å². The van der Waals surface area contributed by atoms with Crippen LogP contribution in [-0.2, 0) is 17.4 Å². The monoisotopic (exact) mass is 373 g/mol. The van der Waals surface area contributed by atoms with Gasteiger partial charge in [-0.05, 0) is 37.6 Å². The highest BCUT2D eigenvalue weighted by Gasteiger charge is 2.30. The molecule has 0 radical (unpaired) electrons. The van der Waals surface area contributed by atoms with Gasteiger partial charge in [-0.2, -0.15) is 18.3 Å². The summed E-state index contributed by atoms with van der Waals surface area (Å²) in [6.07, 6.45) is -4.59. The number of aromatic nitrogens is 2. The molecule has 0 bridgehead atoms. The topological polar surface area (TPSA) is 46.9 Å². The first kappa shape index (κ1) is 18.7. The minimum Gasteiger partial charge on any atom is -0.323 e. The van der Waals surface area contributed by atoms with Crippen molar-refractivity contribution in [3.8, 4) is 5.69 Å². The highest BCUT2D eigenvalue weighted by Crippen LogP contribution is 2.30. The highest BCUT2D eigenvalue weighted by atomic mass is 19.4. The van der Waals surface area contributed by atoms with Gasteiger partial charge in [0.05, 0.1) is 34.7 Å². The van der Waals surface area contributed by atoms with Gasteiger partial charge in [0.15, 0.2) is 0 Å². The lowest BCUT2D eigenvalue weighted by Gasteiger charge is -2.10. The Morgan fingerprint density at radius 2 is 1.78 bits per heavy atom. The molecule has 1 heterocycles. The number of carbonyl (C=O) groups is 1. The van der Waals surface area contributed by atoms with E-state index in [9.17, 15) is 18.0 Å². The van der Waals surface area contributed by atoms with Gasteiger partial charge in [0.25, 0.3) is 0 Å². The van der Waals surface area contributed by atoms with Crippen LogP contribution in [0.1, 0.15) is 22.5 Å². The lowest BCUT2D eigenvalue weighted by molar-refractivity contribution is -0.137. The van der Waals surface area contributed by atoms with Gasteiger partial charge in [0.1, 0.15) is 0 Å². The number of rotatable bonds is 4. The van der Waals surface area contributed by atoms with Crippen molar-refractivity contribution in [2.75, 3.05) is 5.32 Å². The Morgan fingerprint density at radius 3 is 2.44 bits per heavy atom. The molecule has 0 aliphatic carbocycles. The fourth-order valence-corrected chi connectivity index (χ4v) is 2.87. The van der Waals surface area contributed by atoms with Crippen LogP contribution in [-0.4, -0.2) is 15.7 Å². The largest absolute Gasteiger partial charge is 0.416 e. The number of hydrogen-bond donors (Lipinski definition) is 1. The van der Waals surface area contributed by atoms with Gasteiger partial charge in [-0.3, -0.25) is 4.79 Å². The van der Waals surface area contributed by atoms with E-state index in [0.717, 1.165) is 23.5 Å². The van der Waals surface area contributed by atoms with Gasteiger partial charge < -0.3 is 5.32 Å². The van der Waals surface area contributed by atoms with Gasteiger partial charge in [0, 0.05) is 0 Å². The summed E-state index contributed by atoms with van der Waals surface area (Å²) in [5, 5.41) is 7.21. The molecule has 0 saturated heterocycles. The Kier molecular flexibility index (Phi) is 5.03. The zero-order chi connectivity index (χ0) is 19.6. The summed E-state index contributed by atoms with van der Waals surface area (Å²) in [7, 11) is 0. The number of benzene rings is 2. The fraction of sp³-hybridized carbons (Fsp3) is 0.200. The average Bonchev–Trinajstić information content (AvgIpc) is 2.90. The second-order valence-corrected chi connectivity index (χ2v) is 6.22. The molecule has 3 rings (SSSR count). The Bertz CT molecular complexity index is 962. The van der Waals surface area contributed by atoms with E-state index in [1.165, 1.54) is 12.1 Å². The number of para-hydroxylation sites is 1. The first-order valence-corrected chi connectivity index (χ1v) is 8.33. The third kappa shape index (κ3) is 4.19. The SMILES string of the molecule is Cc1nn(-c2ccccc2)c(C)c1NC(=O)Cc1cccc(C(F)(F)F)c1. The average molecular weight is 373 g/mol. The summed E-state index contributed by atoms with van der Waals surface area (Å²) >= 11 is 0. The smallest absolute Gasteiger partial charge is 0.323 e. The van der Waals surface area contributed by atoms with Crippen LogP contribution in [0.4, 0.5) is 18.9 Å². The molecule has 1 N–H and O–H groups in total. The molecule has 1 aromatic heterocycles. The van der Waals surface area contributed by atoms with Crippen molar-refractivity contribution in [2.45, 2.75) is 26.4 Å². The van der Waals surface area contributed by atoms with Crippen LogP contribution in [0, 0.1) is 13.8 Å². The number of aryl methyl sites for hydroxylation is 1. The molecule has 0 saturated carbocycles. The Hall–Kier alpha value is -3.09. The van der Waals surface area contributed by atoms with E-state index in [1.54, 1.807) is 11.6 Å². The molecule has 3 aromatic rings. The van der Waals surface area contributed by atoms with Crippen molar-refractivity contribution in [1.29, 1.82) is 0 Å². The van der Waals surface area contributed by atoms with E-state index in [0.29, 0.717) is 16.9 Å². The van der Waals surface area contributed by atoms with E-state index in [4.69, 9.17) is 0 Å². The van der Waals surface area contributed by atoms with Gasteiger partial charge in [0.2, 0.25) is 5.91 Å². The summed E-state index contributed by atoms with van der Waals surface area (Å²) in [5.74, 6) is -0.395. The van der Waals surface area contributed by atoms with Crippen molar-refractivity contribution in [2.24, 2.45) is 0 Å². The molecular weight excluding hydrogens is 355 g/mol. The lowest BCUT2D eigenvalue weighted by atomic mass is 10.1. The van der Waals surface area contributed by atoms with Crippen molar-refractivity contribution in [1.82, 2.24) is 9.78 Å². The maximum absolute atomic E-state index is 12.8. The molecule has 2 aromatic carbocycles. The molecule has 0 fully saturated rings. The summed E-state index contributed by atoms with van der Waals surface area (Å²) < 4.78 is 40.1. The molecule has 1 amide bonds. The summed E-state index contributed by atoms with van der Waals surface area (Å²) in [6, 6.07) is 14.2. The van der Waals surface area contributed by atoms with Crippen LogP contribution in [0.2, 0.25) is 0 Å². The quantitative estimate of drug-likeness (QED) is 0.721. The van der Waals surface area contributed by atoms with E-state index < -0.39 is 17.6 Å². The van der Waals surface area contributed by atoms with Crippen LogP contribution in [0.15, 0.2) is 54.6 Å². The molecule has 4 nitrogen and oxygen atoms in total. The summed E-state index contributed by atoms with van der Waals surface area (Å²) in [6.45, 7) is 3.60. The van der Waals surface area contributed by atoms with E-state index in [1.807, 2.05) is 37.3 Å². The van der Waals surface area contributed by atoms with E-state index >= 15 is 0 Å². The van der Waals surface area contributed by atoms with Gasteiger partial charge in [-0.1, -0.05) is 36.4 Å². The Morgan fingerprint density at radius 1 is 1.07 bits per heavy atom. The number of alkyl halides is 3. The lowest BCUT2D eigenvalue weighted by Crippen LogP contribution is -2.16. The minimum atomic E-state index is -4.43. The summed E-state index contributed by atoms with van der Waals surface area (Å²) in [5.41, 5.74) is 2.34. The number of anilines is 1. The third-order valence-electron chi connectivity index (χ3n) is 4.18. The van der Waals surface area contributed by atoms with Crippen LogP contribution in [0.25, 0.3) is 5.69 Å². The molecule has 0 aliphatic heterocycles. The molecule has 27 heavy (non-hydrogen) atoms. The predicted molar refractivity (Wildman–Crippen MR) is 96.8 cm³/mol. The zero-order valence-electron chi connectivity index (χ0n) is 14.8. The summed E-state index contributed by atoms with van der Waals surface area (Å²) in [4.78, 5) is 12.4. The number of nitrogens with zero attached hydrogens (tertiary/aromatic N) is 2. The van der Waals surface area contributed by atoms with Crippen molar-refractivity contribution in [3.05, 3.63) is 77.1 Å². The normalized spacial score (nSPS) is 11.4. The Labute approximate surface area is 154 Å². The highest BCUT2D eigenvalue weighted by molar-refractivity contribution is 5.93. The van der Waals surface area contributed by atoms with Crippen LogP contribution < -0.4 is 5.32 Å². The van der Waals surface area contributed by atoms with Crippen LogP contribution >= 0.6 is 0 Å². The number of halogens is 3. The van der Waals surface area contributed by atoms with Crippen LogP contribution in [0.5, 0.6) is 0 Å². The number of carbonyl (C=O) groups excluding carboxylic acids is 1. The van der Waals surface area contributed by atoms with Crippen molar-refractivity contribution >= 4 is 11.6 Å². The number of nitrogens with one attached hydrogen (secondary N) is 1. The van der Waals surface area contributed by atoms with Gasteiger partial charge >= 0.3 is 6.18 Å². The molecule has 0 spiro atoms. The number of amides is 1. The fourth-order valence-electron chi connectivity index (χ4n) is 2.87. The zero-order valence-corrected chi connectivity index (χ0v) is 14.8. The molecule has 0 unspecified atom stereocenters. The second-order valence-electron chi connectivity index (χ2n) is 6.22. The first-order valence-electron chi connectivity index (χ1n) is 8.33. The maximum atomic E-state index is 12.8. The third-order valence-corrected chi connectivity index (χ3v) is 4.18. The minimum absolute atomic E-state index is 0.153. The van der Waals surface area contributed by atoms with Gasteiger partial charge in [-0.25, -0.2) is 4.68 Å². The Balaban J connectivity index is 1.78. The van der Waals surface area contributed by atoms with E-state index in [-0.39, 0.29) is 6.42 Å². The second kappa shape index (κ2) is 7.26. The van der Waals surface area contributed by atoms with Crippen LogP contribution in [0.3, 0.4) is 0 Å². The maximum Gasteiger partial charge on any atom is 0.416 e. The van der Waals surface area contributed by atoms with E-state index in [2.05, 4.69) is 10.4 Å². The van der Waals surface area contributed by atoms with Crippen molar-refractivity contribution in [3.63, 3.8) is 0 Å². The number of hydrogen-bond acceptors (Lipinski definition) is 2. The molecule has 140 valence electrons. The molecule has 7 heteroatoms. The molecule has 0 aliphatic rings. The molecule has 0 atom stereocenters.